The molecule has 1 N–H and O–H groups in total. The molecule has 1 aromatic carbocycles. The van der Waals surface area contributed by atoms with Crippen LogP contribution < -0.4 is 0 Å². The summed E-state index contributed by atoms with van der Waals surface area (Å²) >= 11 is 6.17. The summed E-state index contributed by atoms with van der Waals surface area (Å²) in [7, 11) is 0. The third kappa shape index (κ3) is 2.68. The van der Waals surface area contributed by atoms with Gasteiger partial charge in [-0.25, -0.2) is 4.79 Å². The number of carbonyl (C=O) groups is 1. The predicted molar refractivity (Wildman–Crippen MR) is 80.6 cm³/mol. The summed E-state index contributed by atoms with van der Waals surface area (Å²) in [6.45, 7) is 1.68. The standard InChI is InChI=1S/C16H17ClN2O2/c1-16(15(20)21,8-12-4-2-3-5-14(12)17)19-10-13(9-18-19)11-6-7-11/h2-5,9-11H,6-8H2,1H3,(H,20,21). The van der Waals surface area contributed by atoms with Crippen molar-refractivity contribution in [3.05, 3.63) is 52.8 Å². The fourth-order valence-electron chi connectivity index (χ4n) is 2.50. The van der Waals surface area contributed by atoms with Crippen molar-refractivity contribution in [2.24, 2.45) is 0 Å². The highest BCUT2D eigenvalue weighted by Crippen LogP contribution is 2.40. The van der Waals surface area contributed by atoms with Crippen LogP contribution in [0.3, 0.4) is 0 Å². The Kier molecular flexibility index (Phi) is 3.49. The number of hydrogen-bond acceptors (Lipinski definition) is 2. The van der Waals surface area contributed by atoms with Crippen molar-refractivity contribution in [2.45, 2.75) is 37.6 Å². The van der Waals surface area contributed by atoms with Gasteiger partial charge in [0.15, 0.2) is 5.54 Å². The maximum absolute atomic E-state index is 11.8. The molecule has 1 aliphatic rings. The Bertz CT molecular complexity index is 678. The van der Waals surface area contributed by atoms with Crippen molar-refractivity contribution < 1.29 is 9.90 Å². The molecule has 1 unspecified atom stereocenters. The van der Waals surface area contributed by atoms with Crippen molar-refractivity contribution in [3.8, 4) is 0 Å². The third-order valence-electron chi connectivity index (χ3n) is 4.11. The van der Waals surface area contributed by atoms with Crippen LogP contribution in [0, 0.1) is 0 Å². The molecule has 1 aliphatic carbocycles. The Morgan fingerprint density at radius 3 is 2.81 bits per heavy atom. The molecule has 1 saturated carbocycles. The van der Waals surface area contributed by atoms with Crippen LogP contribution in [0.25, 0.3) is 0 Å². The second-order valence-electron chi connectivity index (χ2n) is 5.84. The Balaban J connectivity index is 1.94. The molecule has 5 heteroatoms. The van der Waals surface area contributed by atoms with E-state index < -0.39 is 11.5 Å². The molecule has 3 rings (SSSR count). The molecule has 1 fully saturated rings. The number of aliphatic carboxylic acids is 1. The number of benzene rings is 1. The van der Waals surface area contributed by atoms with Crippen LogP contribution in [0.2, 0.25) is 5.02 Å². The number of nitrogens with zero attached hydrogens (tertiary/aromatic N) is 2. The van der Waals surface area contributed by atoms with Crippen molar-refractivity contribution >= 4 is 17.6 Å². The van der Waals surface area contributed by atoms with Gasteiger partial charge in [0.1, 0.15) is 0 Å². The summed E-state index contributed by atoms with van der Waals surface area (Å²) in [5, 5.41) is 14.6. The maximum Gasteiger partial charge on any atom is 0.331 e. The normalized spacial score (nSPS) is 17.4. The number of halogens is 1. The lowest BCUT2D eigenvalue weighted by Crippen LogP contribution is -2.41. The van der Waals surface area contributed by atoms with Crippen LogP contribution in [0.15, 0.2) is 36.7 Å². The van der Waals surface area contributed by atoms with Crippen LogP contribution >= 0.6 is 11.6 Å². The first-order chi connectivity index (χ1) is 10.0. The van der Waals surface area contributed by atoms with Gasteiger partial charge in [-0.05, 0) is 42.9 Å². The molecule has 1 atom stereocenters. The van der Waals surface area contributed by atoms with E-state index in [0.29, 0.717) is 17.4 Å². The summed E-state index contributed by atoms with van der Waals surface area (Å²) in [4.78, 5) is 11.8. The zero-order chi connectivity index (χ0) is 15.0. The van der Waals surface area contributed by atoms with E-state index in [4.69, 9.17) is 11.6 Å². The molecule has 0 bridgehead atoms. The lowest BCUT2D eigenvalue weighted by atomic mass is 9.93. The number of hydrogen-bond donors (Lipinski definition) is 1. The van der Waals surface area contributed by atoms with E-state index >= 15 is 0 Å². The molecular formula is C16H17ClN2O2. The highest BCUT2D eigenvalue weighted by atomic mass is 35.5. The second kappa shape index (κ2) is 5.19. The van der Waals surface area contributed by atoms with E-state index in [9.17, 15) is 9.90 Å². The molecule has 0 radical (unpaired) electrons. The van der Waals surface area contributed by atoms with Crippen LogP contribution in [-0.4, -0.2) is 20.9 Å². The quantitative estimate of drug-likeness (QED) is 0.920. The molecular weight excluding hydrogens is 288 g/mol. The molecule has 1 heterocycles. The van der Waals surface area contributed by atoms with Crippen LogP contribution in [-0.2, 0) is 16.8 Å². The van der Waals surface area contributed by atoms with Crippen LogP contribution in [0.5, 0.6) is 0 Å². The van der Waals surface area contributed by atoms with E-state index in [0.717, 1.165) is 11.1 Å². The molecule has 0 aliphatic heterocycles. The zero-order valence-electron chi connectivity index (χ0n) is 11.8. The second-order valence-corrected chi connectivity index (χ2v) is 6.25. The lowest BCUT2D eigenvalue weighted by molar-refractivity contribution is -0.147. The van der Waals surface area contributed by atoms with Gasteiger partial charge in [-0.2, -0.15) is 5.10 Å². The molecule has 21 heavy (non-hydrogen) atoms. The molecule has 4 nitrogen and oxygen atoms in total. The minimum absolute atomic E-state index is 0.299. The van der Waals surface area contributed by atoms with Crippen molar-refractivity contribution in [3.63, 3.8) is 0 Å². The Morgan fingerprint density at radius 1 is 1.48 bits per heavy atom. The van der Waals surface area contributed by atoms with Gasteiger partial charge in [0, 0.05) is 17.6 Å². The number of carboxylic acids is 1. The number of rotatable bonds is 5. The summed E-state index contributed by atoms with van der Waals surface area (Å²) in [5.41, 5.74) is 0.798. The molecule has 0 spiro atoms. The smallest absolute Gasteiger partial charge is 0.331 e. The van der Waals surface area contributed by atoms with Crippen molar-refractivity contribution in [2.75, 3.05) is 0 Å². The first kappa shape index (κ1) is 14.1. The Morgan fingerprint density at radius 2 is 2.19 bits per heavy atom. The van der Waals surface area contributed by atoms with Crippen LogP contribution in [0.4, 0.5) is 0 Å². The van der Waals surface area contributed by atoms with Gasteiger partial charge in [-0.15, -0.1) is 0 Å². The van der Waals surface area contributed by atoms with Gasteiger partial charge in [-0.3, -0.25) is 4.68 Å². The fraction of sp³-hybridized carbons (Fsp3) is 0.375. The van der Waals surface area contributed by atoms with E-state index in [-0.39, 0.29) is 0 Å². The highest BCUT2D eigenvalue weighted by molar-refractivity contribution is 6.31. The van der Waals surface area contributed by atoms with Crippen molar-refractivity contribution in [1.82, 2.24) is 9.78 Å². The summed E-state index contributed by atoms with van der Waals surface area (Å²) < 4.78 is 1.56. The van der Waals surface area contributed by atoms with Gasteiger partial charge in [0.2, 0.25) is 0 Å². The monoisotopic (exact) mass is 304 g/mol. The number of carboxylic acid groups (broad SMARTS) is 1. The average Bonchev–Trinajstić information content (AvgIpc) is 3.18. The minimum Gasteiger partial charge on any atom is -0.479 e. The maximum atomic E-state index is 11.8. The molecule has 1 aromatic heterocycles. The molecule has 2 aromatic rings. The average molecular weight is 305 g/mol. The van der Waals surface area contributed by atoms with E-state index in [2.05, 4.69) is 5.10 Å². The molecule has 110 valence electrons. The van der Waals surface area contributed by atoms with Gasteiger partial charge in [-0.1, -0.05) is 29.8 Å². The van der Waals surface area contributed by atoms with Crippen molar-refractivity contribution in [1.29, 1.82) is 0 Å². The topological polar surface area (TPSA) is 55.1 Å². The summed E-state index contributed by atoms with van der Waals surface area (Å²) in [6, 6.07) is 7.33. The lowest BCUT2D eigenvalue weighted by Gasteiger charge is -2.26. The van der Waals surface area contributed by atoms with Crippen LogP contribution in [0.1, 0.15) is 36.8 Å². The van der Waals surface area contributed by atoms with E-state index in [1.807, 2.05) is 24.4 Å². The summed E-state index contributed by atoms with van der Waals surface area (Å²) in [5.74, 6) is -0.357. The first-order valence-electron chi connectivity index (χ1n) is 7.02. The van der Waals surface area contributed by atoms with Gasteiger partial charge >= 0.3 is 5.97 Å². The molecule has 0 saturated heterocycles. The van der Waals surface area contributed by atoms with Gasteiger partial charge in [0.05, 0.1) is 6.20 Å². The fourth-order valence-corrected chi connectivity index (χ4v) is 2.70. The molecule has 0 amide bonds. The summed E-state index contributed by atoms with van der Waals surface area (Å²) in [6.07, 6.45) is 6.28. The van der Waals surface area contributed by atoms with Gasteiger partial charge in [0.25, 0.3) is 0 Å². The third-order valence-corrected chi connectivity index (χ3v) is 4.48. The zero-order valence-corrected chi connectivity index (χ0v) is 12.5. The minimum atomic E-state index is -1.14. The number of aromatic nitrogens is 2. The van der Waals surface area contributed by atoms with Gasteiger partial charge < -0.3 is 5.11 Å². The predicted octanol–water partition coefficient (Wildman–Crippen LogP) is 3.46. The van der Waals surface area contributed by atoms with E-state index in [1.54, 1.807) is 23.9 Å². The van der Waals surface area contributed by atoms with E-state index in [1.165, 1.54) is 12.8 Å². The largest absolute Gasteiger partial charge is 0.479 e. The Labute approximate surface area is 128 Å². The SMILES string of the molecule is CC(Cc1ccccc1Cl)(C(=O)O)n1cc(C2CC2)cn1. The highest BCUT2D eigenvalue weighted by Gasteiger charge is 2.38. The first-order valence-corrected chi connectivity index (χ1v) is 7.40. The Hall–Kier alpha value is -1.81.